The largest absolute Gasteiger partial charge is 0.355 e. The van der Waals surface area contributed by atoms with Gasteiger partial charge in [0.2, 0.25) is 5.91 Å². The van der Waals surface area contributed by atoms with E-state index < -0.39 is 0 Å². The van der Waals surface area contributed by atoms with E-state index >= 15 is 0 Å². The van der Waals surface area contributed by atoms with Crippen LogP contribution in [0.15, 0.2) is 0 Å². The first kappa shape index (κ1) is 9.93. The van der Waals surface area contributed by atoms with Gasteiger partial charge in [-0.3, -0.25) is 9.69 Å². The summed E-state index contributed by atoms with van der Waals surface area (Å²) in [7, 11) is 0. The summed E-state index contributed by atoms with van der Waals surface area (Å²) < 4.78 is 0. The molecule has 0 aliphatic carbocycles. The Kier molecular flexibility index (Phi) is 3.37. The molecule has 0 aromatic carbocycles. The maximum Gasteiger partial charge on any atom is 0.221 e. The van der Waals surface area contributed by atoms with Crippen LogP contribution in [0.3, 0.4) is 0 Å². The number of nitrogens with zero attached hydrogens (tertiary/aromatic N) is 1. The Labute approximate surface area is 85.0 Å². The van der Waals surface area contributed by atoms with Crippen molar-refractivity contribution >= 4 is 5.91 Å². The molecule has 2 N–H and O–H groups in total. The monoisotopic (exact) mass is 197 g/mol. The van der Waals surface area contributed by atoms with Crippen LogP contribution in [0.1, 0.15) is 19.3 Å². The van der Waals surface area contributed by atoms with Gasteiger partial charge in [-0.15, -0.1) is 0 Å². The molecular formula is C10H19N3O. The van der Waals surface area contributed by atoms with E-state index in [2.05, 4.69) is 15.5 Å². The highest BCUT2D eigenvalue weighted by Gasteiger charge is 2.19. The van der Waals surface area contributed by atoms with Crippen molar-refractivity contribution in [1.82, 2.24) is 15.5 Å². The zero-order chi connectivity index (χ0) is 9.80. The summed E-state index contributed by atoms with van der Waals surface area (Å²) in [5.41, 5.74) is 0. The van der Waals surface area contributed by atoms with Crippen molar-refractivity contribution in [3.05, 3.63) is 0 Å². The minimum Gasteiger partial charge on any atom is -0.355 e. The molecule has 4 nitrogen and oxygen atoms in total. The molecule has 0 aromatic heterocycles. The van der Waals surface area contributed by atoms with Crippen molar-refractivity contribution < 1.29 is 4.79 Å². The first-order valence-electron chi connectivity index (χ1n) is 5.57. The van der Waals surface area contributed by atoms with Crippen LogP contribution >= 0.6 is 0 Å². The number of carbonyl (C=O) groups excluding carboxylic acids is 1. The summed E-state index contributed by atoms with van der Waals surface area (Å²) in [6, 6.07) is 0.656. The SMILES string of the molecule is O=C1CCN(C[C@H]2CCCN2)CCN1. The van der Waals surface area contributed by atoms with E-state index in [-0.39, 0.29) is 5.91 Å². The molecule has 0 radical (unpaired) electrons. The second kappa shape index (κ2) is 4.75. The molecule has 0 bridgehead atoms. The summed E-state index contributed by atoms with van der Waals surface area (Å²) in [6.45, 7) is 5.00. The molecule has 2 aliphatic rings. The third-order valence-electron chi connectivity index (χ3n) is 3.05. The first-order chi connectivity index (χ1) is 6.84. The molecule has 0 spiro atoms. The number of carbonyl (C=O) groups is 1. The van der Waals surface area contributed by atoms with Crippen LogP contribution < -0.4 is 10.6 Å². The molecule has 2 fully saturated rings. The van der Waals surface area contributed by atoms with Gasteiger partial charge in [-0.05, 0) is 19.4 Å². The molecule has 0 unspecified atom stereocenters. The molecule has 4 heteroatoms. The van der Waals surface area contributed by atoms with Gasteiger partial charge in [0.25, 0.3) is 0 Å². The van der Waals surface area contributed by atoms with E-state index in [9.17, 15) is 4.79 Å². The fraction of sp³-hybridized carbons (Fsp3) is 0.900. The van der Waals surface area contributed by atoms with Crippen molar-refractivity contribution in [2.24, 2.45) is 0 Å². The lowest BCUT2D eigenvalue weighted by atomic mass is 10.2. The quantitative estimate of drug-likeness (QED) is 0.631. The minimum absolute atomic E-state index is 0.201. The van der Waals surface area contributed by atoms with E-state index in [1.165, 1.54) is 12.8 Å². The number of rotatable bonds is 2. The van der Waals surface area contributed by atoms with E-state index in [4.69, 9.17) is 0 Å². The fourth-order valence-corrected chi connectivity index (χ4v) is 2.22. The molecule has 14 heavy (non-hydrogen) atoms. The number of hydrogen-bond acceptors (Lipinski definition) is 3. The Morgan fingerprint density at radius 3 is 3.07 bits per heavy atom. The van der Waals surface area contributed by atoms with Crippen molar-refractivity contribution in [2.75, 3.05) is 32.7 Å². The smallest absolute Gasteiger partial charge is 0.221 e. The highest BCUT2D eigenvalue weighted by Crippen LogP contribution is 2.07. The van der Waals surface area contributed by atoms with E-state index in [1.807, 2.05) is 0 Å². The predicted octanol–water partition coefficient (Wildman–Crippen LogP) is -0.440. The highest BCUT2D eigenvalue weighted by molar-refractivity contribution is 5.76. The van der Waals surface area contributed by atoms with Gasteiger partial charge in [0, 0.05) is 38.6 Å². The number of hydrogen-bond donors (Lipinski definition) is 2. The third-order valence-corrected chi connectivity index (χ3v) is 3.05. The lowest BCUT2D eigenvalue weighted by molar-refractivity contribution is -0.120. The summed E-state index contributed by atoms with van der Waals surface area (Å²) in [5, 5.41) is 6.39. The minimum atomic E-state index is 0.201. The number of amides is 1. The Morgan fingerprint density at radius 2 is 2.29 bits per heavy atom. The van der Waals surface area contributed by atoms with Gasteiger partial charge < -0.3 is 10.6 Å². The Morgan fingerprint density at radius 1 is 1.36 bits per heavy atom. The molecular weight excluding hydrogens is 178 g/mol. The Bertz CT molecular complexity index is 202. The zero-order valence-corrected chi connectivity index (χ0v) is 8.59. The molecule has 2 rings (SSSR count). The van der Waals surface area contributed by atoms with Gasteiger partial charge >= 0.3 is 0 Å². The van der Waals surface area contributed by atoms with Crippen LogP contribution in [-0.4, -0.2) is 49.6 Å². The Hall–Kier alpha value is -0.610. The summed E-state index contributed by atoms with van der Waals surface area (Å²) >= 11 is 0. The fourth-order valence-electron chi connectivity index (χ4n) is 2.22. The van der Waals surface area contributed by atoms with Crippen LogP contribution in [0.4, 0.5) is 0 Å². The molecule has 0 saturated carbocycles. The van der Waals surface area contributed by atoms with Gasteiger partial charge in [-0.1, -0.05) is 0 Å². The topological polar surface area (TPSA) is 44.4 Å². The van der Waals surface area contributed by atoms with Gasteiger partial charge in [-0.25, -0.2) is 0 Å². The molecule has 80 valence electrons. The van der Waals surface area contributed by atoms with E-state index in [1.54, 1.807) is 0 Å². The lowest BCUT2D eigenvalue weighted by Crippen LogP contribution is -2.39. The summed E-state index contributed by atoms with van der Waals surface area (Å²) in [6.07, 6.45) is 3.25. The predicted molar refractivity (Wildman–Crippen MR) is 55.1 cm³/mol. The van der Waals surface area contributed by atoms with Crippen LogP contribution in [0.2, 0.25) is 0 Å². The average molecular weight is 197 g/mol. The highest BCUT2D eigenvalue weighted by atomic mass is 16.1. The van der Waals surface area contributed by atoms with Crippen LogP contribution in [0.25, 0.3) is 0 Å². The van der Waals surface area contributed by atoms with Crippen molar-refractivity contribution in [1.29, 1.82) is 0 Å². The molecule has 2 aliphatic heterocycles. The van der Waals surface area contributed by atoms with Crippen LogP contribution in [0.5, 0.6) is 0 Å². The van der Waals surface area contributed by atoms with E-state index in [0.717, 1.165) is 32.7 Å². The van der Waals surface area contributed by atoms with Crippen molar-refractivity contribution in [2.45, 2.75) is 25.3 Å². The van der Waals surface area contributed by atoms with Crippen molar-refractivity contribution in [3.63, 3.8) is 0 Å². The molecule has 2 saturated heterocycles. The van der Waals surface area contributed by atoms with Gasteiger partial charge in [-0.2, -0.15) is 0 Å². The molecule has 1 amide bonds. The standard InChI is InChI=1S/C10H19N3O/c14-10-3-6-13(7-5-12-10)8-9-2-1-4-11-9/h9,11H,1-8H2,(H,12,14)/t9-/m1/s1. The first-order valence-corrected chi connectivity index (χ1v) is 5.57. The second-order valence-corrected chi connectivity index (χ2v) is 4.19. The third kappa shape index (κ3) is 2.69. The summed E-state index contributed by atoms with van der Waals surface area (Å²) in [5.74, 6) is 0.201. The molecule has 0 aromatic rings. The van der Waals surface area contributed by atoms with Gasteiger partial charge in [0.15, 0.2) is 0 Å². The van der Waals surface area contributed by atoms with Crippen LogP contribution in [0, 0.1) is 0 Å². The maximum absolute atomic E-state index is 11.1. The maximum atomic E-state index is 11.1. The average Bonchev–Trinajstić information content (AvgIpc) is 2.58. The summed E-state index contributed by atoms with van der Waals surface area (Å²) in [4.78, 5) is 13.5. The molecule has 2 heterocycles. The van der Waals surface area contributed by atoms with Gasteiger partial charge in [0.1, 0.15) is 0 Å². The van der Waals surface area contributed by atoms with Gasteiger partial charge in [0.05, 0.1) is 0 Å². The lowest BCUT2D eigenvalue weighted by Gasteiger charge is -2.22. The number of nitrogens with one attached hydrogen (secondary N) is 2. The normalized spacial score (nSPS) is 30.0. The zero-order valence-electron chi connectivity index (χ0n) is 8.59. The molecule has 1 atom stereocenters. The van der Waals surface area contributed by atoms with Crippen LogP contribution in [-0.2, 0) is 4.79 Å². The van der Waals surface area contributed by atoms with E-state index in [0.29, 0.717) is 12.5 Å². The Balaban J connectivity index is 1.76. The second-order valence-electron chi connectivity index (χ2n) is 4.19. The van der Waals surface area contributed by atoms with Crippen molar-refractivity contribution in [3.8, 4) is 0 Å².